The highest BCUT2D eigenvalue weighted by Crippen LogP contribution is 2.46. The fourth-order valence-corrected chi connectivity index (χ4v) is 5.59. The van der Waals surface area contributed by atoms with E-state index in [1.807, 2.05) is 0 Å². The maximum Gasteiger partial charge on any atom is 0.119 e. The van der Waals surface area contributed by atoms with Crippen LogP contribution < -0.4 is 4.74 Å². The lowest BCUT2D eigenvalue weighted by atomic mass is 9.63. The minimum absolute atomic E-state index is 0.234. The molecule has 0 amide bonds. The van der Waals surface area contributed by atoms with Crippen LogP contribution in [0.15, 0.2) is 42.5 Å². The molecular weight excluding hydrogens is 418 g/mol. The monoisotopic (exact) mass is 461 g/mol. The third-order valence-electron chi connectivity index (χ3n) is 7.74. The van der Waals surface area contributed by atoms with Gasteiger partial charge in [-0.05, 0) is 84.4 Å². The van der Waals surface area contributed by atoms with Gasteiger partial charge in [-0.25, -0.2) is 0 Å². The van der Waals surface area contributed by atoms with Crippen molar-refractivity contribution in [2.24, 2.45) is 0 Å². The maximum absolute atomic E-state index is 6.03. The summed E-state index contributed by atoms with van der Waals surface area (Å²) in [6, 6.07) is 15.6. The molecule has 0 saturated carbocycles. The average molecular weight is 462 g/mol. The summed E-state index contributed by atoms with van der Waals surface area (Å²) < 4.78 is 11.8. The van der Waals surface area contributed by atoms with Crippen molar-refractivity contribution in [3.63, 3.8) is 0 Å². The summed E-state index contributed by atoms with van der Waals surface area (Å²) in [6.45, 7) is 19.7. The second-order valence-corrected chi connectivity index (χ2v) is 11.8. The Kier molecular flexibility index (Phi) is 7.26. The Bertz CT molecular complexity index is 1010. The van der Waals surface area contributed by atoms with E-state index < -0.39 is 0 Å². The highest BCUT2D eigenvalue weighted by atomic mass is 16.5. The van der Waals surface area contributed by atoms with Crippen LogP contribution in [0.25, 0.3) is 11.6 Å². The number of benzene rings is 2. The zero-order valence-electron chi connectivity index (χ0n) is 22.3. The fourth-order valence-electron chi connectivity index (χ4n) is 5.59. The summed E-state index contributed by atoms with van der Waals surface area (Å²) >= 11 is 0. The van der Waals surface area contributed by atoms with Gasteiger partial charge >= 0.3 is 0 Å². The normalized spacial score (nSPS) is 24.5. The van der Waals surface area contributed by atoms with E-state index in [2.05, 4.69) is 102 Å². The standard InChI is InChI=1S/C31H43NO2/c1-22(26-10-13-28-29(19-26)31(6,7)15-14-30(28,4)5)18-25-8-11-27(12-9-25)33-17-16-32-20-23(2)34-24(3)21-32/h8-13,18-19,23-24H,14-17,20-21H2,1-7H3. The Balaban J connectivity index is 1.40. The summed E-state index contributed by atoms with van der Waals surface area (Å²) in [5.74, 6) is 0.932. The smallest absolute Gasteiger partial charge is 0.119 e. The van der Waals surface area contributed by atoms with Gasteiger partial charge < -0.3 is 9.47 Å². The molecule has 0 N–H and O–H groups in total. The molecule has 1 saturated heterocycles. The van der Waals surface area contributed by atoms with Crippen LogP contribution in [0.5, 0.6) is 5.75 Å². The predicted molar refractivity (Wildman–Crippen MR) is 144 cm³/mol. The van der Waals surface area contributed by atoms with E-state index in [4.69, 9.17) is 9.47 Å². The van der Waals surface area contributed by atoms with Crippen molar-refractivity contribution in [2.75, 3.05) is 26.2 Å². The molecule has 3 nitrogen and oxygen atoms in total. The van der Waals surface area contributed by atoms with Gasteiger partial charge in [-0.2, -0.15) is 0 Å². The quantitative estimate of drug-likeness (QED) is 0.429. The number of fused-ring (bicyclic) bond motifs is 1. The minimum Gasteiger partial charge on any atom is -0.492 e. The van der Waals surface area contributed by atoms with E-state index in [0.717, 1.165) is 25.4 Å². The Morgan fingerprint density at radius 2 is 1.56 bits per heavy atom. The van der Waals surface area contributed by atoms with E-state index in [1.165, 1.54) is 40.7 Å². The van der Waals surface area contributed by atoms with Crippen LogP contribution in [0, 0.1) is 0 Å². The van der Waals surface area contributed by atoms with Gasteiger partial charge in [0.1, 0.15) is 12.4 Å². The summed E-state index contributed by atoms with van der Waals surface area (Å²) in [4.78, 5) is 2.43. The van der Waals surface area contributed by atoms with Crippen LogP contribution in [-0.4, -0.2) is 43.3 Å². The summed E-state index contributed by atoms with van der Waals surface area (Å²) in [6.07, 6.45) is 5.37. The highest BCUT2D eigenvalue weighted by Gasteiger charge is 2.36. The molecule has 0 bridgehead atoms. The third-order valence-corrected chi connectivity index (χ3v) is 7.74. The number of ether oxygens (including phenoxy) is 2. The maximum atomic E-state index is 6.03. The lowest BCUT2D eigenvalue weighted by Crippen LogP contribution is -2.46. The first kappa shape index (κ1) is 25.0. The third kappa shape index (κ3) is 5.75. The van der Waals surface area contributed by atoms with E-state index in [0.29, 0.717) is 18.8 Å². The molecule has 2 aromatic rings. The summed E-state index contributed by atoms with van der Waals surface area (Å²) in [5.41, 5.74) is 7.35. The molecule has 184 valence electrons. The highest BCUT2D eigenvalue weighted by molar-refractivity contribution is 5.80. The van der Waals surface area contributed by atoms with E-state index in [1.54, 1.807) is 0 Å². The van der Waals surface area contributed by atoms with Gasteiger partial charge in [0, 0.05) is 19.6 Å². The van der Waals surface area contributed by atoms with E-state index in [-0.39, 0.29) is 10.8 Å². The van der Waals surface area contributed by atoms with Crippen molar-refractivity contribution in [3.05, 3.63) is 64.7 Å². The van der Waals surface area contributed by atoms with Gasteiger partial charge in [0.2, 0.25) is 0 Å². The van der Waals surface area contributed by atoms with Crippen molar-refractivity contribution >= 4 is 11.6 Å². The van der Waals surface area contributed by atoms with Gasteiger partial charge in [-0.15, -0.1) is 0 Å². The van der Waals surface area contributed by atoms with Crippen LogP contribution >= 0.6 is 0 Å². The Labute approximate surface area is 207 Å². The first-order chi connectivity index (χ1) is 16.0. The van der Waals surface area contributed by atoms with Gasteiger partial charge in [-0.3, -0.25) is 4.90 Å². The molecular formula is C31H43NO2. The van der Waals surface area contributed by atoms with Crippen molar-refractivity contribution in [1.82, 2.24) is 4.90 Å². The van der Waals surface area contributed by atoms with Crippen molar-refractivity contribution in [1.29, 1.82) is 0 Å². The van der Waals surface area contributed by atoms with Crippen LogP contribution in [0.1, 0.15) is 83.6 Å². The second kappa shape index (κ2) is 9.87. The molecule has 0 aromatic heterocycles. The van der Waals surface area contributed by atoms with Crippen molar-refractivity contribution in [2.45, 2.75) is 84.3 Å². The largest absolute Gasteiger partial charge is 0.492 e. The summed E-state index contributed by atoms with van der Waals surface area (Å²) in [5, 5.41) is 0. The lowest BCUT2D eigenvalue weighted by molar-refractivity contribution is -0.0699. The first-order valence-corrected chi connectivity index (χ1v) is 13.0. The number of allylic oxidation sites excluding steroid dienone is 1. The molecule has 1 fully saturated rings. The number of morpholine rings is 1. The number of rotatable bonds is 6. The number of hydrogen-bond acceptors (Lipinski definition) is 3. The molecule has 2 unspecified atom stereocenters. The topological polar surface area (TPSA) is 21.7 Å². The Hall–Kier alpha value is -2.10. The molecule has 4 rings (SSSR count). The fraction of sp³-hybridized carbons (Fsp3) is 0.548. The minimum atomic E-state index is 0.234. The number of hydrogen-bond donors (Lipinski definition) is 0. The average Bonchev–Trinajstić information content (AvgIpc) is 2.77. The molecule has 34 heavy (non-hydrogen) atoms. The van der Waals surface area contributed by atoms with Crippen LogP contribution in [0.2, 0.25) is 0 Å². The van der Waals surface area contributed by atoms with Crippen LogP contribution in [0.4, 0.5) is 0 Å². The lowest BCUT2D eigenvalue weighted by Gasteiger charge is -2.42. The molecule has 1 aliphatic heterocycles. The molecule has 2 aliphatic rings. The van der Waals surface area contributed by atoms with Crippen LogP contribution in [-0.2, 0) is 15.6 Å². The van der Waals surface area contributed by atoms with Gasteiger partial charge in [-0.1, -0.05) is 64.1 Å². The molecule has 3 heteroatoms. The molecule has 1 aliphatic carbocycles. The Morgan fingerprint density at radius 3 is 2.21 bits per heavy atom. The number of nitrogens with zero attached hydrogens (tertiary/aromatic N) is 1. The molecule has 1 heterocycles. The van der Waals surface area contributed by atoms with Gasteiger partial charge in [0.05, 0.1) is 12.2 Å². The molecule has 0 radical (unpaired) electrons. The molecule has 0 spiro atoms. The Morgan fingerprint density at radius 1 is 0.941 bits per heavy atom. The van der Waals surface area contributed by atoms with Gasteiger partial charge in [0.15, 0.2) is 0 Å². The van der Waals surface area contributed by atoms with Crippen molar-refractivity contribution < 1.29 is 9.47 Å². The SMILES string of the molecule is CC(=Cc1ccc(OCCN2CC(C)OC(C)C2)cc1)c1ccc2c(c1)C(C)(C)CCC2(C)C. The van der Waals surface area contributed by atoms with Crippen LogP contribution in [0.3, 0.4) is 0 Å². The summed E-state index contributed by atoms with van der Waals surface area (Å²) in [7, 11) is 0. The first-order valence-electron chi connectivity index (χ1n) is 13.0. The van der Waals surface area contributed by atoms with Crippen molar-refractivity contribution in [3.8, 4) is 5.75 Å². The molecule has 2 aromatic carbocycles. The van der Waals surface area contributed by atoms with Gasteiger partial charge in [0.25, 0.3) is 0 Å². The zero-order chi connectivity index (χ0) is 24.5. The predicted octanol–water partition coefficient (Wildman–Crippen LogP) is 7.08. The zero-order valence-corrected chi connectivity index (χ0v) is 22.3. The molecule has 2 atom stereocenters. The van der Waals surface area contributed by atoms with E-state index in [9.17, 15) is 0 Å². The second-order valence-electron chi connectivity index (χ2n) is 11.8. The van der Waals surface area contributed by atoms with E-state index >= 15 is 0 Å².